The second-order valence-electron chi connectivity index (χ2n) is 3.14. The highest BCUT2D eigenvalue weighted by Crippen LogP contribution is 2.07. The van der Waals surface area contributed by atoms with Gasteiger partial charge >= 0.3 is 0 Å². The topological polar surface area (TPSA) is 64.1 Å². The van der Waals surface area contributed by atoms with E-state index in [1.165, 1.54) is 11.3 Å². The molecule has 6 heteroatoms. The molecule has 1 heterocycles. The Kier molecular flexibility index (Phi) is 4.41. The van der Waals surface area contributed by atoms with Crippen molar-refractivity contribution in [2.24, 2.45) is 0 Å². The maximum absolute atomic E-state index is 11.4. The first-order valence-corrected chi connectivity index (χ1v) is 7.43. The fraction of sp³-hybridized carbons (Fsp3) is 0.556. The summed E-state index contributed by atoms with van der Waals surface area (Å²) in [7, 11) is -2.95. The zero-order chi connectivity index (χ0) is 11.3. The van der Waals surface area contributed by atoms with Gasteiger partial charge in [0.05, 0.1) is 11.3 Å². The molecule has 1 aromatic heterocycles. The van der Waals surface area contributed by atoms with Crippen molar-refractivity contribution in [2.75, 3.05) is 11.5 Å². The third kappa shape index (κ3) is 4.09. The van der Waals surface area contributed by atoms with Crippen molar-refractivity contribution in [1.29, 1.82) is 0 Å². The van der Waals surface area contributed by atoms with Crippen LogP contribution in [-0.4, -0.2) is 30.7 Å². The van der Waals surface area contributed by atoms with Gasteiger partial charge in [0.15, 0.2) is 5.78 Å². The first-order chi connectivity index (χ1) is 7.05. The maximum Gasteiger partial charge on any atom is 0.182 e. The zero-order valence-corrected chi connectivity index (χ0v) is 10.1. The molecule has 0 saturated carbocycles. The van der Waals surface area contributed by atoms with Gasteiger partial charge in [-0.15, -0.1) is 11.3 Å². The minimum Gasteiger partial charge on any atom is -0.292 e. The van der Waals surface area contributed by atoms with Crippen LogP contribution in [0, 0.1) is 0 Å². The Morgan fingerprint density at radius 3 is 2.80 bits per heavy atom. The summed E-state index contributed by atoms with van der Waals surface area (Å²) in [6.07, 6.45) is 0.634. The number of sulfone groups is 1. The predicted octanol–water partition coefficient (Wildman–Crippen LogP) is 1.54. The van der Waals surface area contributed by atoms with Gasteiger partial charge in [0.25, 0.3) is 0 Å². The number of ketones is 1. The Balaban J connectivity index is 2.36. The minimum atomic E-state index is -2.95. The van der Waals surface area contributed by atoms with E-state index in [-0.39, 0.29) is 23.7 Å². The van der Waals surface area contributed by atoms with Gasteiger partial charge in [-0.1, -0.05) is 6.92 Å². The lowest BCUT2D eigenvalue weighted by atomic mass is 10.2. The number of carbonyl (C=O) groups excluding carboxylic acids is 1. The molecule has 0 bridgehead atoms. The summed E-state index contributed by atoms with van der Waals surface area (Å²) in [4.78, 5) is 15.3. The molecule has 1 rings (SSSR count). The number of Topliss-reactive ketones (excluding diaryl/α,β-unsaturated/α-hetero) is 1. The maximum atomic E-state index is 11.4. The van der Waals surface area contributed by atoms with Crippen LogP contribution in [0.4, 0.5) is 0 Å². The van der Waals surface area contributed by atoms with Crippen LogP contribution in [-0.2, 0) is 9.84 Å². The smallest absolute Gasteiger partial charge is 0.182 e. The van der Waals surface area contributed by atoms with E-state index in [1.54, 1.807) is 17.8 Å². The van der Waals surface area contributed by atoms with Crippen molar-refractivity contribution in [3.05, 3.63) is 16.6 Å². The third-order valence-corrected chi connectivity index (χ3v) is 4.39. The van der Waals surface area contributed by atoms with E-state index in [2.05, 4.69) is 4.98 Å². The summed E-state index contributed by atoms with van der Waals surface area (Å²) < 4.78 is 22.3. The second-order valence-corrected chi connectivity index (χ2v) is 6.33. The highest BCUT2D eigenvalue weighted by atomic mass is 32.2. The van der Waals surface area contributed by atoms with Crippen LogP contribution in [0.5, 0.6) is 0 Å². The molecule has 0 aliphatic rings. The lowest BCUT2D eigenvalue weighted by Gasteiger charge is -1.99. The van der Waals surface area contributed by atoms with E-state index in [4.69, 9.17) is 0 Å². The Hall–Kier alpha value is -0.750. The zero-order valence-electron chi connectivity index (χ0n) is 8.47. The molecule has 0 aromatic carbocycles. The SMILES string of the molecule is CCS(=O)(=O)CCCC(=O)c1cscn1. The van der Waals surface area contributed by atoms with E-state index in [0.29, 0.717) is 12.1 Å². The quantitative estimate of drug-likeness (QED) is 0.715. The van der Waals surface area contributed by atoms with Crippen molar-refractivity contribution in [3.8, 4) is 0 Å². The third-order valence-electron chi connectivity index (χ3n) is 2.02. The molecular weight excluding hydrogens is 234 g/mol. The van der Waals surface area contributed by atoms with Crippen molar-refractivity contribution < 1.29 is 13.2 Å². The van der Waals surface area contributed by atoms with E-state index in [0.717, 1.165) is 0 Å². The number of hydrogen-bond donors (Lipinski definition) is 0. The Labute approximate surface area is 93.3 Å². The first kappa shape index (κ1) is 12.3. The Morgan fingerprint density at radius 2 is 2.27 bits per heavy atom. The molecule has 84 valence electrons. The van der Waals surface area contributed by atoms with Gasteiger partial charge in [0.2, 0.25) is 0 Å². The van der Waals surface area contributed by atoms with Gasteiger partial charge in [-0.05, 0) is 6.42 Å². The van der Waals surface area contributed by atoms with Crippen molar-refractivity contribution >= 4 is 27.0 Å². The number of aromatic nitrogens is 1. The largest absolute Gasteiger partial charge is 0.292 e. The average molecular weight is 247 g/mol. The number of nitrogens with zero attached hydrogens (tertiary/aromatic N) is 1. The number of thiazole rings is 1. The lowest BCUT2D eigenvalue weighted by molar-refractivity contribution is 0.0978. The van der Waals surface area contributed by atoms with E-state index < -0.39 is 9.84 Å². The van der Waals surface area contributed by atoms with Crippen molar-refractivity contribution in [3.63, 3.8) is 0 Å². The van der Waals surface area contributed by atoms with E-state index >= 15 is 0 Å². The van der Waals surface area contributed by atoms with Crippen LogP contribution in [0.1, 0.15) is 30.3 Å². The molecule has 0 fully saturated rings. The summed E-state index contributed by atoms with van der Waals surface area (Å²) in [6.45, 7) is 1.61. The van der Waals surface area contributed by atoms with E-state index in [9.17, 15) is 13.2 Å². The molecule has 0 spiro atoms. The fourth-order valence-corrected chi connectivity index (χ4v) is 2.50. The van der Waals surface area contributed by atoms with Gasteiger partial charge in [0.1, 0.15) is 15.5 Å². The van der Waals surface area contributed by atoms with Gasteiger partial charge in [-0.25, -0.2) is 13.4 Å². The molecule has 0 unspecified atom stereocenters. The molecule has 0 aliphatic carbocycles. The normalized spacial score (nSPS) is 11.5. The molecule has 0 aliphatic heterocycles. The molecule has 0 saturated heterocycles. The van der Waals surface area contributed by atoms with Crippen LogP contribution in [0.15, 0.2) is 10.9 Å². The molecule has 1 aromatic rings. The summed E-state index contributed by atoms with van der Waals surface area (Å²) in [5.41, 5.74) is 2.03. The van der Waals surface area contributed by atoms with E-state index in [1.807, 2.05) is 0 Å². The van der Waals surface area contributed by atoms with Crippen LogP contribution < -0.4 is 0 Å². The van der Waals surface area contributed by atoms with Gasteiger partial charge in [-0.2, -0.15) is 0 Å². The van der Waals surface area contributed by atoms with Crippen LogP contribution in [0.25, 0.3) is 0 Å². The molecule has 0 atom stereocenters. The number of carbonyl (C=O) groups is 1. The predicted molar refractivity (Wildman–Crippen MR) is 60.0 cm³/mol. The Bertz CT molecular complexity index is 409. The van der Waals surface area contributed by atoms with Crippen LogP contribution in [0.2, 0.25) is 0 Å². The van der Waals surface area contributed by atoms with Gasteiger partial charge in [-0.3, -0.25) is 4.79 Å². The summed E-state index contributed by atoms with van der Waals surface area (Å²) in [5, 5.41) is 1.68. The van der Waals surface area contributed by atoms with Crippen molar-refractivity contribution in [1.82, 2.24) is 4.98 Å². The molecular formula is C9H13NO3S2. The van der Waals surface area contributed by atoms with Crippen LogP contribution >= 0.6 is 11.3 Å². The standard InChI is InChI=1S/C9H13NO3S2/c1-2-15(12,13)5-3-4-9(11)8-6-14-7-10-8/h6-7H,2-5H2,1H3. The molecule has 0 amide bonds. The highest BCUT2D eigenvalue weighted by Gasteiger charge is 2.11. The monoisotopic (exact) mass is 247 g/mol. The molecule has 4 nitrogen and oxygen atoms in total. The summed E-state index contributed by atoms with van der Waals surface area (Å²) >= 11 is 1.36. The molecule has 15 heavy (non-hydrogen) atoms. The first-order valence-electron chi connectivity index (χ1n) is 4.67. The highest BCUT2D eigenvalue weighted by molar-refractivity contribution is 7.91. The Morgan fingerprint density at radius 1 is 1.53 bits per heavy atom. The summed E-state index contributed by atoms with van der Waals surface area (Å²) in [6, 6.07) is 0. The van der Waals surface area contributed by atoms with Gasteiger partial charge in [0, 0.05) is 17.6 Å². The minimum absolute atomic E-state index is 0.0810. The van der Waals surface area contributed by atoms with Crippen molar-refractivity contribution in [2.45, 2.75) is 19.8 Å². The van der Waals surface area contributed by atoms with Crippen LogP contribution in [0.3, 0.4) is 0 Å². The van der Waals surface area contributed by atoms with Gasteiger partial charge < -0.3 is 0 Å². The number of hydrogen-bond acceptors (Lipinski definition) is 5. The second kappa shape index (κ2) is 5.37. The summed E-state index contributed by atoms with van der Waals surface area (Å²) in [5.74, 6) is 0.139. The lowest BCUT2D eigenvalue weighted by Crippen LogP contribution is -2.10. The fourth-order valence-electron chi connectivity index (χ4n) is 1.08. The average Bonchev–Trinajstić information content (AvgIpc) is 2.70. The number of rotatable bonds is 6. The molecule has 0 radical (unpaired) electrons. The molecule has 0 N–H and O–H groups in total.